The zero-order valence-electron chi connectivity index (χ0n) is 10.3. The molecule has 19 heavy (non-hydrogen) atoms. The van der Waals surface area contributed by atoms with Gasteiger partial charge in [0.05, 0.1) is 0 Å². The zero-order chi connectivity index (χ0) is 13.4. The molecule has 1 saturated heterocycles. The molecule has 0 amide bonds. The third kappa shape index (κ3) is 2.64. The second-order valence-electron chi connectivity index (χ2n) is 4.93. The highest BCUT2D eigenvalue weighted by Crippen LogP contribution is 2.30. The number of nitrogens with one attached hydrogen (secondary N) is 2. The number of H-pyrrole nitrogens is 1. The van der Waals surface area contributed by atoms with Gasteiger partial charge in [-0.2, -0.15) is 0 Å². The molecule has 5 heteroatoms. The van der Waals surface area contributed by atoms with Crippen molar-refractivity contribution < 1.29 is 0 Å². The fraction of sp³-hybridized carbons (Fsp3) is 0.357. The summed E-state index contributed by atoms with van der Waals surface area (Å²) in [5.41, 5.74) is 1.05. The highest BCUT2D eigenvalue weighted by atomic mass is 79.9. The molecular weight excluding hydrogens is 372 g/mol. The van der Waals surface area contributed by atoms with Crippen molar-refractivity contribution in [3.05, 3.63) is 43.2 Å². The van der Waals surface area contributed by atoms with Crippen molar-refractivity contribution in [2.24, 2.45) is 0 Å². The maximum atomic E-state index is 12.2. The Morgan fingerprint density at radius 1 is 1.05 bits per heavy atom. The SMILES string of the molecule is O=c1[nH]c(C2CCNCC2)cc2c(Br)cc(Br)cc12. The van der Waals surface area contributed by atoms with Gasteiger partial charge in [-0.05, 0) is 44.1 Å². The molecule has 0 aliphatic carbocycles. The third-order valence-corrected chi connectivity index (χ3v) is 4.79. The van der Waals surface area contributed by atoms with Gasteiger partial charge in [-0.25, -0.2) is 0 Å². The minimum atomic E-state index is -0.00645. The van der Waals surface area contributed by atoms with Gasteiger partial charge in [0.2, 0.25) is 0 Å². The van der Waals surface area contributed by atoms with Crippen molar-refractivity contribution in [3.8, 4) is 0 Å². The lowest BCUT2D eigenvalue weighted by atomic mass is 9.93. The highest BCUT2D eigenvalue weighted by Gasteiger charge is 2.17. The van der Waals surface area contributed by atoms with Crippen molar-refractivity contribution >= 4 is 42.6 Å². The van der Waals surface area contributed by atoms with E-state index in [0.29, 0.717) is 5.92 Å². The van der Waals surface area contributed by atoms with E-state index in [2.05, 4.69) is 48.2 Å². The largest absolute Gasteiger partial charge is 0.325 e. The number of hydrogen-bond acceptors (Lipinski definition) is 2. The fourth-order valence-corrected chi connectivity index (χ4v) is 4.00. The van der Waals surface area contributed by atoms with Gasteiger partial charge in [0.1, 0.15) is 0 Å². The van der Waals surface area contributed by atoms with Crippen LogP contribution in [0.4, 0.5) is 0 Å². The molecule has 1 aromatic heterocycles. The summed E-state index contributed by atoms with van der Waals surface area (Å²) in [6.45, 7) is 2.04. The molecular formula is C14H14Br2N2O. The smallest absolute Gasteiger partial charge is 0.256 e. The molecule has 2 N–H and O–H groups in total. The van der Waals surface area contributed by atoms with Crippen LogP contribution in [0.3, 0.4) is 0 Å². The molecule has 1 aliphatic rings. The Morgan fingerprint density at radius 2 is 1.79 bits per heavy atom. The number of rotatable bonds is 1. The van der Waals surface area contributed by atoms with Crippen LogP contribution in [0.5, 0.6) is 0 Å². The van der Waals surface area contributed by atoms with E-state index in [1.807, 2.05) is 12.1 Å². The van der Waals surface area contributed by atoms with Crippen LogP contribution in [0.1, 0.15) is 24.5 Å². The van der Waals surface area contributed by atoms with Crippen LogP contribution in [0, 0.1) is 0 Å². The first-order valence-corrected chi connectivity index (χ1v) is 7.96. The molecule has 2 heterocycles. The predicted octanol–water partition coefficient (Wildman–Crippen LogP) is 3.52. The van der Waals surface area contributed by atoms with Crippen molar-refractivity contribution in [2.75, 3.05) is 13.1 Å². The van der Waals surface area contributed by atoms with Gasteiger partial charge in [0.25, 0.3) is 5.56 Å². The van der Waals surface area contributed by atoms with Gasteiger partial charge < -0.3 is 10.3 Å². The standard InChI is InChI=1S/C14H14Br2N2O/c15-9-5-11-10(12(16)6-9)7-13(18-14(11)19)8-1-3-17-4-2-8/h5-8,17H,1-4H2,(H,18,19). The molecule has 3 rings (SSSR count). The number of benzene rings is 1. The lowest BCUT2D eigenvalue weighted by molar-refractivity contribution is 0.453. The topological polar surface area (TPSA) is 44.9 Å². The van der Waals surface area contributed by atoms with Gasteiger partial charge in [-0.3, -0.25) is 4.79 Å². The van der Waals surface area contributed by atoms with E-state index in [1.54, 1.807) is 0 Å². The number of hydrogen-bond donors (Lipinski definition) is 2. The highest BCUT2D eigenvalue weighted by molar-refractivity contribution is 9.11. The van der Waals surface area contributed by atoms with E-state index < -0.39 is 0 Å². The number of fused-ring (bicyclic) bond motifs is 1. The Bertz CT molecular complexity index is 675. The number of aromatic amines is 1. The lowest BCUT2D eigenvalue weighted by Crippen LogP contribution is -2.28. The van der Waals surface area contributed by atoms with Crippen LogP contribution < -0.4 is 10.9 Å². The van der Waals surface area contributed by atoms with Gasteiger partial charge in [0.15, 0.2) is 0 Å². The molecule has 1 aromatic carbocycles. The lowest BCUT2D eigenvalue weighted by Gasteiger charge is -2.22. The van der Waals surface area contributed by atoms with E-state index in [4.69, 9.17) is 0 Å². The second-order valence-corrected chi connectivity index (χ2v) is 6.70. The summed E-state index contributed by atoms with van der Waals surface area (Å²) in [5.74, 6) is 0.453. The van der Waals surface area contributed by atoms with Crippen molar-refractivity contribution in [1.82, 2.24) is 10.3 Å². The summed E-state index contributed by atoms with van der Waals surface area (Å²) in [6.07, 6.45) is 2.16. The van der Waals surface area contributed by atoms with E-state index in [1.165, 1.54) is 0 Å². The number of piperidine rings is 1. The monoisotopic (exact) mass is 384 g/mol. The molecule has 2 aromatic rings. The minimum absolute atomic E-state index is 0.00645. The summed E-state index contributed by atoms with van der Waals surface area (Å²) in [4.78, 5) is 15.3. The molecule has 0 unspecified atom stereocenters. The molecule has 3 nitrogen and oxygen atoms in total. The van der Waals surface area contributed by atoms with Crippen LogP contribution in [-0.4, -0.2) is 18.1 Å². The minimum Gasteiger partial charge on any atom is -0.325 e. The van der Waals surface area contributed by atoms with Gasteiger partial charge >= 0.3 is 0 Å². The quantitative estimate of drug-likeness (QED) is 0.788. The van der Waals surface area contributed by atoms with Crippen LogP contribution in [0.2, 0.25) is 0 Å². The summed E-state index contributed by atoms with van der Waals surface area (Å²) in [7, 11) is 0. The molecule has 1 fully saturated rings. The molecule has 0 radical (unpaired) electrons. The molecule has 0 atom stereocenters. The normalized spacial score (nSPS) is 16.9. The van der Waals surface area contributed by atoms with Crippen LogP contribution in [0.15, 0.2) is 31.9 Å². The number of aromatic nitrogens is 1. The Hall–Kier alpha value is -0.650. The summed E-state index contributed by atoms with van der Waals surface area (Å²) < 4.78 is 1.87. The molecule has 1 aliphatic heterocycles. The molecule has 100 valence electrons. The van der Waals surface area contributed by atoms with Gasteiger partial charge in [-0.1, -0.05) is 31.9 Å². The fourth-order valence-electron chi connectivity index (χ4n) is 2.66. The first-order chi connectivity index (χ1) is 9.15. The zero-order valence-corrected chi connectivity index (χ0v) is 13.5. The van der Waals surface area contributed by atoms with Crippen molar-refractivity contribution in [3.63, 3.8) is 0 Å². The van der Waals surface area contributed by atoms with Crippen molar-refractivity contribution in [1.29, 1.82) is 0 Å². The van der Waals surface area contributed by atoms with E-state index in [-0.39, 0.29) is 5.56 Å². The van der Waals surface area contributed by atoms with Crippen LogP contribution in [-0.2, 0) is 0 Å². The maximum Gasteiger partial charge on any atom is 0.256 e. The third-order valence-electron chi connectivity index (χ3n) is 3.68. The first kappa shape index (κ1) is 13.3. The summed E-state index contributed by atoms with van der Waals surface area (Å²) in [6, 6.07) is 5.96. The van der Waals surface area contributed by atoms with Crippen LogP contribution >= 0.6 is 31.9 Å². The average molecular weight is 386 g/mol. The first-order valence-electron chi connectivity index (χ1n) is 6.38. The Labute approximate surface area is 128 Å². The second kappa shape index (κ2) is 5.38. The predicted molar refractivity (Wildman–Crippen MR) is 84.8 cm³/mol. The van der Waals surface area contributed by atoms with E-state index in [9.17, 15) is 4.79 Å². The van der Waals surface area contributed by atoms with E-state index >= 15 is 0 Å². The van der Waals surface area contributed by atoms with Crippen molar-refractivity contribution in [2.45, 2.75) is 18.8 Å². The Balaban J connectivity index is 2.15. The molecule has 0 spiro atoms. The molecule has 0 bridgehead atoms. The Morgan fingerprint density at radius 3 is 2.53 bits per heavy atom. The number of pyridine rings is 1. The summed E-state index contributed by atoms with van der Waals surface area (Å²) >= 11 is 6.97. The molecule has 0 saturated carbocycles. The van der Waals surface area contributed by atoms with Crippen LogP contribution in [0.25, 0.3) is 10.8 Å². The Kier molecular flexibility index (Phi) is 3.78. The van der Waals surface area contributed by atoms with E-state index in [0.717, 1.165) is 51.3 Å². The van der Waals surface area contributed by atoms with Gasteiger partial charge in [-0.15, -0.1) is 0 Å². The maximum absolute atomic E-state index is 12.2. The summed E-state index contributed by atoms with van der Waals surface area (Å²) in [5, 5.41) is 5.06. The number of halogens is 2. The average Bonchev–Trinajstić information content (AvgIpc) is 2.41. The van der Waals surface area contributed by atoms with Gasteiger partial charge in [0, 0.05) is 31.3 Å².